The van der Waals surface area contributed by atoms with Crippen LogP contribution >= 0.6 is 12.2 Å². The Morgan fingerprint density at radius 3 is 1.10 bits per heavy atom. The normalized spacial score (nSPS) is 5.20. The molecule has 0 aliphatic rings. The lowest BCUT2D eigenvalue weighted by Gasteiger charge is -1.68. The zero-order chi connectivity index (χ0) is 9.15. The van der Waals surface area contributed by atoms with Crippen LogP contribution in [0.25, 0.3) is 0 Å². The van der Waals surface area contributed by atoms with Crippen LogP contribution in [0, 0.1) is 0 Å². The fourth-order valence-electron chi connectivity index (χ4n) is 0. The first kappa shape index (κ1) is 15.9. The Balaban J connectivity index is -0.0000000787. The monoisotopic (exact) mass is 166 g/mol. The second-order valence-electron chi connectivity index (χ2n) is 0.805. The highest BCUT2D eigenvalue weighted by molar-refractivity contribution is 7.80. The summed E-state index contributed by atoms with van der Waals surface area (Å²) < 4.78 is 0. The van der Waals surface area contributed by atoms with Gasteiger partial charge in [0.05, 0.1) is 0 Å². The Morgan fingerprint density at radius 1 is 1.10 bits per heavy atom. The van der Waals surface area contributed by atoms with Gasteiger partial charge in [0.1, 0.15) is 6.79 Å². The van der Waals surface area contributed by atoms with Crippen molar-refractivity contribution >= 4 is 30.2 Å². The number of rotatable bonds is 0. The smallest absolute Gasteiger partial charge is 0.309 e. The van der Waals surface area contributed by atoms with Gasteiger partial charge in [-0.25, -0.2) is 4.79 Å². The molecule has 0 spiro atoms. The molecular formula is C3H10N4O2S. The van der Waals surface area contributed by atoms with Crippen LogP contribution in [0.15, 0.2) is 0 Å². The van der Waals surface area contributed by atoms with Crippen molar-refractivity contribution < 1.29 is 9.59 Å². The molecule has 8 N–H and O–H groups in total. The van der Waals surface area contributed by atoms with E-state index in [1.54, 1.807) is 0 Å². The van der Waals surface area contributed by atoms with Gasteiger partial charge in [-0.2, -0.15) is 0 Å². The summed E-state index contributed by atoms with van der Waals surface area (Å²) in [6.45, 7) is 2.00. The standard InChI is InChI=1S/CH4N2O.CH4N2S.CH2O/c2*2-1(3)4;1-2/h2*(H4,2,3,4);1H2. The molecule has 10 heavy (non-hydrogen) atoms. The number of carbonyl (C=O) groups is 2. The van der Waals surface area contributed by atoms with Crippen molar-refractivity contribution in [2.24, 2.45) is 22.9 Å². The minimum atomic E-state index is -0.833. The van der Waals surface area contributed by atoms with Crippen molar-refractivity contribution in [2.45, 2.75) is 0 Å². The highest BCUT2D eigenvalue weighted by Gasteiger charge is 1.60. The maximum absolute atomic E-state index is 9.00. The molecule has 2 amide bonds. The molecule has 0 aromatic heterocycles. The molecule has 0 atom stereocenters. The van der Waals surface area contributed by atoms with Crippen molar-refractivity contribution in [1.82, 2.24) is 0 Å². The number of primary amides is 2. The molecule has 7 heteroatoms. The summed E-state index contributed by atoms with van der Waals surface area (Å²) in [6.07, 6.45) is 0. The van der Waals surface area contributed by atoms with E-state index in [2.05, 4.69) is 35.2 Å². The van der Waals surface area contributed by atoms with Crippen LogP contribution in [-0.4, -0.2) is 17.9 Å². The van der Waals surface area contributed by atoms with E-state index in [0.717, 1.165) is 0 Å². The van der Waals surface area contributed by atoms with E-state index in [4.69, 9.17) is 9.59 Å². The van der Waals surface area contributed by atoms with Gasteiger partial charge in [-0.05, 0) is 12.2 Å². The lowest BCUT2D eigenvalue weighted by molar-refractivity contribution is -0.0979. The highest BCUT2D eigenvalue weighted by atomic mass is 32.1. The second kappa shape index (κ2) is 15.6. The predicted molar refractivity (Wildman–Crippen MR) is 41.9 cm³/mol. The molecule has 0 aliphatic carbocycles. The first-order chi connectivity index (χ1) is 4.46. The van der Waals surface area contributed by atoms with Crippen LogP contribution in [0.4, 0.5) is 4.79 Å². The Labute approximate surface area is 63.5 Å². The molecule has 0 heterocycles. The number of amides is 2. The summed E-state index contributed by atoms with van der Waals surface area (Å²) in [6, 6.07) is -0.833. The molecule has 0 rings (SSSR count). The van der Waals surface area contributed by atoms with Crippen LogP contribution in [-0.2, 0) is 4.79 Å². The third kappa shape index (κ3) is 112. The summed E-state index contributed by atoms with van der Waals surface area (Å²) in [5.74, 6) is 0. The number of urea groups is 1. The van der Waals surface area contributed by atoms with Crippen LogP contribution in [0.3, 0.4) is 0 Å². The molecule has 0 fully saturated rings. The van der Waals surface area contributed by atoms with Crippen LogP contribution in [0.5, 0.6) is 0 Å². The zero-order valence-corrected chi connectivity index (χ0v) is 6.06. The summed E-state index contributed by atoms with van der Waals surface area (Å²) in [4.78, 5) is 17.0. The number of hydrogen-bond acceptors (Lipinski definition) is 3. The van der Waals surface area contributed by atoms with Crippen molar-refractivity contribution in [3.05, 3.63) is 0 Å². The van der Waals surface area contributed by atoms with Gasteiger partial charge < -0.3 is 27.7 Å². The Hall–Kier alpha value is -1.37. The fraction of sp³-hybridized carbons (Fsp3) is 0. The van der Waals surface area contributed by atoms with Gasteiger partial charge in [-0.15, -0.1) is 0 Å². The molecule has 0 radical (unpaired) electrons. The van der Waals surface area contributed by atoms with Crippen molar-refractivity contribution in [3.63, 3.8) is 0 Å². The zero-order valence-electron chi connectivity index (χ0n) is 5.24. The number of thiocarbonyl (C=S) groups is 1. The Kier molecular flexibility index (Phi) is 24.8. The molecule has 0 aliphatic heterocycles. The maximum Gasteiger partial charge on any atom is 0.309 e. The first-order valence-electron chi connectivity index (χ1n) is 1.85. The molecule has 0 saturated heterocycles. The van der Waals surface area contributed by atoms with Crippen molar-refractivity contribution in [2.75, 3.05) is 0 Å². The molecule has 6 nitrogen and oxygen atoms in total. The number of carbonyl (C=O) groups excluding carboxylic acids is 2. The van der Waals surface area contributed by atoms with Crippen molar-refractivity contribution in [1.29, 1.82) is 0 Å². The van der Waals surface area contributed by atoms with Gasteiger partial charge in [0.2, 0.25) is 0 Å². The largest absolute Gasteiger partial charge is 0.377 e. The molecule has 0 aromatic rings. The average molecular weight is 166 g/mol. The minimum Gasteiger partial charge on any atom is -0.377 e. The fourth-order valence-corrected chi connectivity index (χ4v) is 0. The average Bonchev–Trinajstić information content (AvgIpc) is 1.66. The number of nitrogens with two attached hydrogens (primary N) is 4. The molecule has 0 aromatic carbocycles. The van der Waals surface area contributed by atoms with Gasteiger partial charge in [-0.3, -0.25) is 0 Å². The van der Waals surface area contributed by atoms with E-state index in [1.807, 2.05) is 6.79 Å². The van der Waals surface area contributed by atoms with E-state index in [9.17, 15) is 0 Å². The molecular weight excluding hydrogens is 156 g/mol. The minimum absolute atomic E-state index is 0.000000000000000222. The van der Waals surface area contributed by atoms with Gasteiger partial charge >= 0.3 is 6.03 Å². The quantitative estimate of drug-likeness (QED) is 0.309. The Bertz CT molecular complexity index is 86.7. The van der Waals surface area contributed by atoms with Gasteiger partial charge in [0, 0.05) is 0 Å². The Morgan fingerprint density at radius 2 is 1.10 bits per heavy atom. The SMILES string of the molecule is C=O.NC(N)=O.NC(N)=S. The summed E-state index contributed by atoms with van der Waals surface area (Å²) in [5, 5.41) is 0.000000000000000222. The van der Waals surface area contributed by atoms with Crippen LogP contribution in [0.1, 0.15) is 0 Å². The van der Waals surface area contributed by atoms with E-state index in [1.165, 1.54) is 0 Å². The van der Waals surface area contributed by atoms with E-state index in [0.29, 0.717) is 0 Å². The molecule has 0 saturated carbocycles. The van der Waals surface area contributed by atoms with Gasteiger partial charge in [0.15, 0.2) is 5.11 Å². The van der Waals surface area contributed by atoms with E-state index in [-0.39, 0.29) is 5.11 Å². The highest BCUT2D eigenvalue weighted by Crippen LogP contribution is 1.32. The summed E-state index contributed by atoms with van der Waals surface area (Å²) in [5.41, 5.74) is 17.7. The molecule has 0 bridgehead atoms. The molecule has 60 valence electrons. The lowest BCUT2D eigenvalue weighted by Crippen LogP contribution is -2.18. The topological polar surface area (TPSA) is 138 Å². The third-order valence-corrected chi connectivity index (χ3v) is 0. The predicted octanol–water partition coefficient (Wildman–Crippen LogP) is -1.97. The summed E-state index contributed by atoms with van der Waals surface area (Å²) in [7, 11) is 0. The van der Waals surface area contributed by atoms with Crippen LogP contribution in [0.2, 0.25) is 0 Å². The first-order valence-corrected chi connectivity index (χ1v) is 2.26. The lowest BCUT2D eigenvalue weighted by atomic mass is 11.2. The second-order valence-corrected chi connectivity index (χ2v) is 1.28. The van der Waals surface area contributed by atoms with Crippen LogP contribution < -0.4 is 22.9 Å². The molecule has 0 unspecified atom stereocenters. The number of hydrogen-bond donors (Lipinski definition) is 4. The summed E-state index contributed by atoms with van der Waals surface area (Å²) >= 11 is 4.09. The third-order valence-electron chi connectivity index (χ3n) is 0. The maximum atomic E-state index is 9.00. The van der Waals surface area contributed by atoms with Gasteiger partial charge in [0.25, 0.3) is 0 Å². The van der Waals surface area contributed by atoms with Gasteiger partial charge in [-0.1, -0.05) is 0 Å². The van der Waals surface area contributed by atoms with Crippen molar-refractivity contribution in [3.8, 4) is 0 Å². The van der Waals surface area contributed by atoms with E-state index >= 15 is 0 Å². The van der Waals surface area contributed by atoms with E-state index < -0.39 is 6.03 Å².